The molecule has 0 unspecified atom stereocenters. The van der Waals surface area contributed by atoms with Gasteiger partial charge in [0.25, 0.3) is 0 Å². The molecule has 23 heavy (non-hydrogen) atoms. The van der Waals surface area contributed by atoms with E-state index in [1.807, 2.05) is 6.92 Å². The Morgan fingerprint density at radius 3 is 2.35 bits per heavy atom. The summed E-state index contributed by atoms with van der Waals surface area (Å²) in [6.45, 7) is 11.3. The van der Waals surface area contributed by atoms with E-state index < -0.39 is 10.0 Å². The van der Waals surface area contributed by atoms with E-state index in [1.165, 1.54) is 16.8 Å². The first-order chi connectivity index (χ1) is 10.9. The lowest BCUT2D eigenvalue weighted by Crippen LogP contribution is -2.49. The molecular weight excluding hydrogens is 308 g/mol. The Labute approximate surface area is 141 Å². The van der Waals surface area contributed by atoms with Gasteiger partial charge < -0.3 is 4.90 Å². The molecule has 0 bridgehead atoms. The number of para-hydroxylation sites is 1. The SMILES string of the molecule is CCCCS(=O)(=O)N1CCN(c2c(C)cccc2C(C)C)CC1. The fourth-order valence-corrected chi connectivity index (χ4v) is 4.86. The normalized spacial score (nSPS) is 17.0. The molecule has 1 saturated heterocycles. The molecule has 0 radical (unpaired) electrons. The minimum Gasteiger partial charge on any atom is -0.368 e. The topological polar surface area (TPSA) is 40.6 Å². The van der Waals surface area contributed by atoms with Gasteiger partial charge >= 0.3 is 0 Å². The van der Waals surface area contributed by atoms with E-state index in [0.29, 0.717) is 19.0 Å². The number of unbranched alkanes of at least 4 members (excludes halogenated alkanes) is 1. The Morgan fingerprint density at radius 1 is 1.13 bits per heavy atom. The largest absolute Gasteiger partial charge is 0.368 e. The fraction of sp³-hybridized carbons (Fsp3) is 0.667. The second-order valence-corrected chi connectivity index (χ2v) is 8.81. The van der Waals surface area contributed by atoms with Gasteiger partial charge in [-0.05, 0) is 30.4 Å². The van der Waals surface area contributed by atoms with Gasteiger partial charge in [-0.15, -0.1) is 0 Å². The molecule has 0 spiro atoms. The van der Waals surface area contributed by atoms with E-state index in [-0.39, 0.29) is 5.75 Å². The highest BCUT2D eigenvalue weighted by Crippen LogP contribution is 2.31. The molecule has 4 nitrogen and oxygen atoms in total. The molecule has 2 rings (SSSR count). The summed E-state index contributed by atoms with van der Waals surface area (Å²) in [7, 11) is -3.08. The van der Waals surface area contributed by atoms with Gasteiger partial charge in [-0.1, -0.05) is 45.4 Å². The average Bonchev–Trinajstić information content (AvgIpc) is 2.53. The Kier molecular flexibility index (Phi) is 6.09. The quantitative estimate of drug-likeness (QED) is 0.798. The molecule has 1 aromatic carbocycles. The van der Waals surface area contributed by atoms with Crippen LogP contribution in [0.4, 0.5) is 5.69 Å². The van der Waals surface area contributed by atoms with Crippen LogP contribution in [-0.2, 0) is 10.0 Å². The molecule has 130 valence electrons. The summed E-state index contributed by atoms with van der Waals surface area (Å²) >= 11 is 0. The molecule has 0 N–H and O–H groups in total. The van der Waals surface area contributed by atoms with Crippen LogP contribution in [0.3, 0.4) is 0 Å². The van der Waals surface area contributed by atoms with Crippen LogP contribution < -0.4 is 4.90 Å². The maximum absolute atomic E-state index is 12.3. The number of aryl methyl sites for hydroxylation is 1. The second-order valence-electron chi connectivity index (χ2n) is 6.72. The van der Waals surface area contributed by atoms with Crippen molar-refractivity contribution >= 4 is 15.7 Å². The van der Waals surface area contributed by atoms with Gasteiger partial charge in [0.15, 0.2) is 0 Å². The van der Waals surface area contributed by atoms with Gasteiger partial charge in [-0.3, -0.25) is 0 Å². The van der Waals surface area contributed by atoms with Crippen molar-refractivity contribution in [2.24, 2.45) is 0 Å². The van der Waals surface area contributed by atoms with E-state index in [9.17, 15) is 8.42 Å². The molecule has 1 aliphatic heterocycles. The standard InChI is InChI=1S/C18H30N2O2S/c1-5-6-14-23(21,22)20-12-10-19(11-13-20)18-16(4)8-7-9-17(18)15(2)3/h7-9,15H,5-6,10-14H2,1-4H3. The summed E-state index contributed by atoms with van der Waals surface area (Å²) in [6.07, 6.45) is 1.66. The summed E-state index contributed by atoms with van der Waals surface area (Å²) in [5, 5.41) is 0. The number of hydrogen-bond acceptors (Lipinski definition) is 3. The number of benzene rings is 1. The number of anilines is 1. The van der Waals surface area contributed by atoms with Crippen molar-refractivity contribution in [2.75, 3.05) is 36.8 Å². The molecule has 1 aromatic rings. The van der Waals surface area contributed by atoms with Gasteiger partial charge in [-0.25, -0.2) is 8.42 Å². The van der Waals surface area contributed by atoms with E-state index in [4.69, 9.17) is 0 Å². The zero-order chi connectivity index (χ0) is 17.0. The Morgan fingerprint density at radius 2 is 1.78 bits per heavy atom. The number of piperazine rings is 1. The highest BCUT2D eigenvalue weighted by molar-refractivity contribution is 7.89. The molecule has 0 saturated carbocycles. The minimum atomic E-state index is -3.08. The summed E-state index contributed by atoms with van der Waals surface area (Å²) in [6, 6.07) is 6.45. The monoisotopic (exact) mass is 338 g/mol. The van der Waals surface area contributed by atoms with Crippen molar-refractivity contribution in [2.45, 2.75) is 46.5 Å². The maximum Gasteiger partial charge on any atom is 0.214 e. The van der Waals surface area contributed by atoms with Crippen LogP contribution in [-0.4, -0.2) is 44.7 Å². The smallest absolute Gasteiger partial charge is 0.214 e. The summed E-state index contributed by atoms with van der Waals surface area (Å²) in [5.41, 5.74) is 3.93. The molecular formula is C18H30N2O2S. The van der Waals surface area contributed by atoms with E-state index in [2.05, 4.69) is 43.9 Å². The highest BCUT2D eigenvalue weighted by Gasteiger charge is 2.28. The lowest BCUT2D eigenvalue weighted by Gasteiger charge is -2.37. The second kappa shape index (κ2) is 7.67. The van der Waals surface area contributed by atoms with Crippen LogP contribution in [0.2, 0.25) is 0 Å². The van der Waals surface area contributed by atoms with Crippen LogP contribution in [0, 0.1) is 6.92 Å². The molecule has 0 aliphatic carbocycles. The van der Waals surface area contributed by atoms with Crippen LogP contribution in [0.1, 0.15) is 50.7 Å². The van der Waals surface area contributed by atoms with Crippen LogP contribution in [0.15, 0.2) is 18.2 Å². The first-order valence-electron chi connectivity index (χ1n) is 8.69. The maximum atomic E-state index is 12.3. The summed E-state index contributed by atoms with van der Waals surface area (Å²) in [5.74, 6) is 0.752. The lowest BCUT2D eigenvalue weighted by atomic mass is 9.97. The van der Waals surface area contributed by atoms with E-state index in [0.717, 1.165) is 25.9 Å². The minimum absolute atomic E-state index is 0.283. The van der Waals surface area contributed by atoms with Crippen molar-refractivity contribution in [3.05, 3.63) is 29.3 Å². The van der Waals surface area contributed by atoms with Crippen molar-refractivity contribution in [3.8, 4) is 0 Å². The lowest BCUT2D eigenvalue weighted by molar-refractivity contribution is 0.383. The predicted octanol–water partition coefficient (Wildman–Crippen LogP) is 3.37. The number of nitrogens with zero attached hydrogens (tertiary/aromatic N) is 2. The van der Waals surface area contributed by atoms with Crippen molar-refractivity contribution in [3.63, 3.8) is 0 Å². The molecule has 1 aliphatic rings. The zero-order valence-corrected chi connectivity index (χ0v) is 15.7. The number of hydrogen-bond donors (Lipinski definition) is 0. The Bertz CT molecular complexity index is 618. The third-order valence-electron chi connectivity index (χ3n) is 4.60. The molecule has 0 amide bonds. The Balaban J connectivity index is 2.11. The fourth-order valence-electron chi connectivity index (χ4n) is 3.23. The summed E-state index contributed by atoms with van der Waals surface area (Å²) < 4.78 is 26.3. The average molecular weight is 339 g/mol. The zero-order valence-electron chi connectivity index (χ0n) is 14.9. The Hall–Kier alpha value is -1.07. The molecule has 5 heteroatoms. The van der Waals surface area contributed by atoms with Crippen molar-refractivity contribution in [1.82, 2.24) is 4.31 Å². The summed E-state index contributed by atoms with van der Waals surface area (Å²) in [4.78, 5) is 2.36. The van der Waals surface area contributed by atoms with Gasteiger partial charge in [0.1, 0.15) is 0 Å². The van der Waals surface area contributed by atoms with Crippen LogP contribution >= 0.6 is 0 Å². The molecule has 1 heterocycles. The van der Waals surface area contributed by atoms with Gasteiger partial charge in [0.2, 0.25) is 10.0 Å². The third kappa shape index (κ3) is 4.27. The number of rotatable bonds is 6. The molecule has 0 atom stereocenters. The first kappa shape index (κ1) is 18.3. The first-order valence-corrected chi connectivity index (χ1v) is 10.3. The van der Waals surface area contributed by atoms with Crippen LogP contribution in [0.5, 0.6) is 0 Å². The third-order valence-corrected chi connectivity index (χ3v) is 6.55. The van der Waals surface area contributed by atoms with Crippen LogP contribution in [0.25, 0.3) is 0 Å². The number of sulfonamides is 1. The van der Waals surface area contributed by atoms with Gasteiger partial charge in [0.05, 0.1) is 5.75 Å². The van der Waals surface area contributed by atoms with Gasteiger partial charge in [-0.2, -0.15) is 4.31 Å². The van der Waals surface area contributed by atoms with E-state index in [1.54, 1.807) is 4.31 Å². The molecule has 0 aromatic heterocycles. The van der Waals surface area contributed by atoms with Crippen molar-refractivity contribution < 1.29 is 8.42 Å². The molecule has 1 fully saturated rings. The highest BCUT2D eigenvalue weighted by atomic mass is 32.2. The van der Waals surface area contributed by atoms with E-state index >= 15 is 0 Å². The predicted molar refractivity (Wildman–Crippen MR) is 97.7 cm³/mol. The van der Waals surface area contributed by atoms with Crippen molar-refractivity contribution in [1.29, 1.82) is 0 Å². The van der Waals surface area contributed by atoms with Gasteiger partial charge in [0, 0.05) is 31.9 Å².